The van der Waals surface area contributed by atoms with Crippen molar-refractivity contribution in [1.29, 1.82) is 0 Å². The van der Waals surface area contributed by atoms with E-state index in [4.69, 9.17) is 5.11 Å². The van der Waals surface area contributed by atoms with E-state index in [1.807, 2.05) is 0 Å². The highest BCUT2D eigenvalue weighted by molar-refractivity contribution is 8.00. The van der Waals surface area contributed by atoms with Gasteiger partial charge < -0.3 is 20.4 Å². The first kappa shape index (κ1) is 11.3. The van der Waals surface area contributed by atoms with E-state index in [1.54, 1.807) is 6.92 Å². The highest BCUT2D eigenvalue weighted by Gasteiger charge is 2.46. The molecule has 78 valence electrons. The predicted molar refractivity (Wildman–Crippen MR) is 50.6 cm³/mol. The van der Waals surface area contributed by atoms with Gasteiger partial charge in [0.1, 0.15) is 11.7 Å². The molecule has 1 aliphatic rings. The minimum Gasteiger partial charge on any atom is -0.395 e. The average molecular weight is 208 g/mol. The van der Waals surface area contributed by atoms with Crippen molar-refractivity contribution in [2.24, 2.45) is 0 Å². The van der Waals surface area contributed by atoms with Crippen LogP contribution in [-0.4, -0.2) is 55.8 Å². The van der Waals surface area contributed by atoms with E-state index in [0.717, 1.165) is 0 Å². The summed E-state index contributed by atoms with van der Waals surface area (Å²) in [7, 11) is 0. The Hall–Kier alpha value is 0.190. The zero-order chi connectivity index (χ0) is 10.1. The normalized spacial score (nSPS) is 46.4. The molecule has 4 atom stereocenters. The summed E-state index contributed by atoms with van der Waals surface area (Å²) in [6.07, 6.45) is -1.80. The van der Waals surface area contributed by atoms with Crippen molar-refractivity contribution in [2.45, 2.75) is 36.4 Å². The van der Waals surface area contributed by atoms with Gasteiger partial charge in [0.05, 0.1) is 18.0 Å². The van der Waals surface area contributed by atoms with E-state index >= 15 is 0 Å². The summed E-state index contributed by atoms with van der Waals surface area (Å²) in [5, 5.41) is 37.4. The molecule has 4 nitrogen and oxygen atoms in total. The Balaban J connectivity index is 2.69. The Bertz CT molecular complexity index is 178. The molecule has 1 rings (SSSR count). The molecular weight excluding hydrogens is 192 g/mol. The maximum absolute atomic E-state index is 9.82. The Morgan fingerprint density at radius 2 is 2.08 bits per heavy atom. The van der Waals surface area contributed by atoms with Gasteiger partial charge in [-0.2, -0.15) is 11.8 Å². The molecule has 0 aromatic rings. The van der Waals surface area contributed by atoms with Crippen LogP contribution in [0.2, 0.25) is 0 Å². The minimum absolute atomic E-state index is 0.178. The highest BCUT2D eigenvalue weighted by Crippen LogP contribution is 2.34. The van der Waals surface area contributed by atoms with Gasteiger partial charge in [-0.3, -0.25) is 0 Å². The number of aliphatic hydroxyl groups excluding tert-OH is 3. The fraction of sp³-hybridized carbons (Fsp3) is 1.00. The summed E-state index contributed by atoms with van der Waals surface area (Å²) >= 11 is 1.30. The average Bonchev–Trinajstić information content (AvgIpc) is 2.15. The first-order chi connectivity index (χ1) is 6.05. The lowest BCUT2D eigenvalue weighted by molar-refractivity contribution is -0.121. The molecule has 0 aromatic heterocycles. The van der Waals surface area contributed by atoms with Crippen LogP contribution in [0.15, 0.2) is 0 Å². The molecule has 0 spiro atoms. The van der Waals surface area contributed by atoms with E-state index in [2.05, 4.69) is 0 Å². The van der Waals surface area contributed by atoms with Gasteiger partial charge in [-0.05, 0) is 6.42 Å². The minimum atomic E-state index is -1.21. The van der Waals surface area contributed by atoms with Crippen LogP contribution in [0.25, 0.3) is 0 Å². The van der Waals surface area contributed by atoms with Crippen molar-refractivity contribution >= 4 is 11.8 Å². The van der Waals surface area contributed by atoms with Crippen LogP contribution in [0.1, 0.15) is 13.3 Å². The lowest BCUT2D eigenvalue weighted by Crippen LogP contribution is -2.58. The first-order valence-corrected chi connectivity index (χ1v) is 5.41. The fourth-order valence-electron chi connectivity index (χ4n) is 1.43. The van der Waals surface area contributed by atoms with Crippen LogP contribution < -0.4 is 0 Å². The van der Waals surface area contributed by atoms with Crippen LogP contribution in [0.3, 0.4) is 0 Å². The Labute approximate surface area is 81.6 Å². The number of hydrogen-bond donors (Lipinski definition) is 4. The van der Waals surface area contributed by atoms with E-state index in [-0.39, 0.29) is 11.9 Å². The van der Waals surface area contributed by atoms with Crippen molar-refractivity contribution in [3.63, 3.8) is 0 Å². The molecule has 1 saturated heterocycles. The van der Waals surface area contributed by atoms with Crippen molar-refractivity contribution in [3.05, 3.63) is 0 Å². The molecule has 0 unspecified atom stereocenters. The van der Waals surface area contributed by atoms with E-state index in [1.165, 1.54) is 11.8 Å². The lowest BCUT2D eigenvalue weighted by atomic mass is 9.90. The van der Waals surface area contributed by atoms with Crippen LogP contribution in [0.4, 0.5) is 0 Å². The molecular formula is C8H16O4S. The van der Waals surface area contributed by atoms with Gasteiger partial charge in [0.2, 0.25) is 0 Å². The molecule has 5 heteroatoms. The van der Waals surface area contributed by atoms with E-state index in [0.29, 0.717) is 12.2 Å². The molecule has 0 saturated carbocycles. The Kier molecular flexibility index (Phi) is 3.59. The molecule has 0 radical (unpaired) electrons. The van der Waals surface area contributed by atoms with Crippen molar-refractivity contribution in [2.75, 3.05) is 12.4 Å². The maximum Gasteiger partial charge on any atom is 0.110 e. The second kappa shape index (κ2) is 4.14. The molecule has 1 fully saturated rings. The molecule has 4 N–H and O–H groups in total. The van der Waals surface area contributed by atoms with Crippen molar-refractivity contribution in [1.82, 2.24) is 0 Å². The summed E-state index contributed by atoms with van der Waals surface area (Å²) in [6.45, 7) is 1.58. The molecule has 1 aliphatic heterocycles. The maximum atomic E-state index is 9.82. The molecule has 0 aliphatic carbocycles. The zero-order valence-corrected chi connectivity index (χ0v) is 8.37. The fourth-order valence-corrected chi connectivity index (χ4v) is 2.76. The first-order valence-electron chi connectivity index (χ1n) is 4.36. The van der Waals surface area contributed by atoms with Gasteiger partial charge in [-0.25, -0.2) is 0 Å². The molecule has 1 heterocycles. The predicted octanol–water partition coefficient (Wildman–Crippen LogP) is -1.04. The topological polar surface area (TPSA) is 80.9 Å². The third-order valence-electron chi connectivity index (χ3n) is 2.59. The number of thioether (sulfide) groups is 1. The number of aliphatic hydroxyl groups is 4. The molecule has 13 heavy (non-hydrogen) atoms. The van der Waals surface area contributed by atoms with E-state index in [9.17, 15) is 15.3 Å². The van der Waals surface area contributed by atoms with Gasteiger partial charge in [0.25, 0.3) is 0 Å². The number of rotatable bonds is 2. The van der Waals surface area contributed by atoms with Gasteiger partial charge in [-0.15, -0.1) is 0 Å². The van der Waals surface area contributed by atoms with Crippen molar-refractivity contribution < 1.29 is 20.4 Å². The molecule has 0 bridgehead atoms. The summed E-state index contributed by atoms with van der Waals surface area (Å²) in [5.74, 6) is 0.354. The van der Waals surface area contributed by atoms with Gasteiger partial charge >= 0.3 is 0 Å². The third kappa shape index (κ3) is 1.99. The Morgan fingerprint density at radius 1 is 1.46 bits per heavy atom. The van der Waals surface area contributed by atoms with E-state index < -0.39 is 17.8 Å². The summed E-state index contributed by atoms with van der Waals surface area (Å²) in [5.41, 5.74) is -1.21. The van der Waals surface area contributed by atoms with Gasteiger partial charge in [0, 0.05) is 5.75 Å². The smallest absolute Gasteiger partial charge is 0.110 e. The third-order valence-corrected chi connectivity index (χ3v) is 4.12. The lowest BCUT2D eigenvalue weighted by Gasteiger charge is -2.42. The summed E-state index contributed by atoms with van der Waals surface area (Å²) < 4.78 is 0. The SMILES string of the molecule is CC[C@@]1(O)CS[C@@H](CO)[C@H](O)[C@H]1O. The quantitative estimate of drug-likeness (QED) is 0.466. The molecule has 0 amide bonds. The zero-order valence-electron chi connectivity index (χ0n) is 7.55. The van der Waals surface area contributed by atoms with Crippen LogP contribution in [0.5, 0.6) is 0 Å². The summed E-state index contributed by atoms with van der Waals surface area (Å²) in [6, 6.07) is 0. The van der Waals surface area contributed by atoms with Crippen LogP contribution >= 0.6 is 11.8 Å². The largest absolute Gasteiger partial charge is 0.395 e. The van der Waals surface area contributed by atoms with Gasteiger partial charge in [0.15, 0.2) is 0 Å². The second-order valence-corrected chi connectivity index (χ2v) is 4.65. The van der Waals surface area contributed by atoms with Crippen molar-refractivity contribution in [3.8, 4) is 0 Å². The highest BCUT2D eigenvalue weighted by atomic mass is 32.2. The summed E-state index contributed by atoms with van der Waals surface area (Å²) in [4.78, 5) is 0. The van der Waals surface area contributed by atoms with Crippen LogP contribution in [-0.2, 0) is 0 Å². The second-order valence-electron chi connectivity index (χ2n) is 3.42. The standard InChI is InChI=1S/C8H16O4S/c1-2-8(12)4-13-5(3-9)6(10)7(8)11/h5-7,9-12H,2-4H2,1H3/t5-,6-,7+,8+/m0/s1. The molecule has 0 aromatic carbocycles. The van der Waals surface area contributed by atoms with Gasteiger partial charge in [-0.1, -0.05) is 6.92 Å². The number of hydrogen-bond acceptors (Lipinski definition) is 5. The Morgan fingerprint density at radius 3 is 2.54 bits per heavy atom. The monoisotopic (exact) mass is 208 g/mol. The van der Waals surface area contributed by atoms with Crippen LogP contribution in [0, 0.1) is 0 Å².